The second-order valence-corrected chi connectivity index (χ2v) is 3.61. The van der Waals surface area contributed by atoms with Gasteiger partial charge in [-0.3, -0.25) is 0 Å². The molecular formula is C12H12ClNO2. The second-order valence-electron chi connectivity index (χ2n) is 3.17. The van der Waals surface area contributed by atoms with E-state index in [2.05, 4.69) is 0 Å². The van der Waals surface area contributed by atoms with Gasteiger partial charge in [0.2, 0.25) is 0 Å². The number of hydrogen-bond donors (Lipinski definition) is 0. The maximum atomic E-state index is 11.7. The van der Waals surface area contributed by atoms with Gasteiger partial charge in [-0.2, -0.15) is 5.26 Å². The first-order chi connectivity index (χ1) is 7.63. The summed E-state index contributed by atoms with van der Waals surface area (Å²) in [5.41, 5.74) is 1.33. The van der Waals surface area contributed by atoms with Crippen molar-refractivity contribution in [3.63, 3.8) is 0 Å². The Balaban J connectivity index is 3.34. The second kappa shape index (κ2) is 5.53. The molecule has 0 aliphatic heterocycles. The van der Waals surface area contributed by atoms with Gasteiger partial charge in [0, 0.05) is 5.02 Å². The number of hydrogen-bond acceptors (Lipinski definition) is 3. The van der Waals surface area contributed by atoms with Crippen molar-refractivity contribution in [2.75, 3.05) is 6.61 Å². The van der Waals surface area contributed by atoms with E-state index >= 15 is 0 Å². The normalized spacial score (nSPS) is 9.62. The summed E-state index contributed by atoms with van der Waals surface area (Å²) < 4.78 is 4.92. The summed E-state index contributed by atoms with van der Waals surface area (Å²) in [6.45, 7) is 3.91. The number of benzene rings is 1. The topological polar surface area (TPSA) is 50.1 Å². The Hall–Kier alpha value is -1.53. The smallest absolute Gasteiger partial charge is 0.339 e. The Labute approximate surface area is 99.6 Å². The van der Waals surface area contributed by atoms with Gasteiger partial charge in [-0.15, -0.1) is 0 Å². The number of esters is 1. The number of aryl methyl sites for hydroxylation is 1. The van der Waals surface area contributed by atoms with Gasteiger partial charge in [0.25, 0.3) is 0 Å². The number of carbonyl (C=O) groups is 1. The lowest BCUT2D eigenvalue weighted by Crippen LogP contribution is -2.10. The highest BCUT2D eigenvalue weighted by molar-refractivity contribution is 6.31. The Kier molecular flexibility index (Phi) is 4.33. The molecule has 0 N–H and O–H groups in total. The van der Waals surface area contributed by atoms with Crippen LogP contribution in [0.2, 0.25) is 5.02 Å². The predicted molar refractivity (Wildman–Crippen MR) is 61.5 cm³/mol. The van der Waals surface area contributed by atoms with Crippen molar-refractivity contribution in [3.05, 3.63) is 33.8 Å². The van der Waals surface area contributed by atoms with Crippen molar-refractivity contribution >= 4 is 17.6 Å². The number of ether oxygens (including phenoxy) is 1. The molecule has 0 heterocycles. The number of carbonyl (C=O) groups excluding carboxylic acids is 1. The van der Waals surface area contributed by atoms with Gasteiger partial charge in [0.15, 0.2) is 0 Å². The van der Waals surface area contributed by atoms with Crippen LogP contribution in [0.5, 0.6) is 0 Å². The van der Waals surface area contributed by atoms with Crippen molar-refractivity contribution in [2.24, 2.45) is 0 Å². The molecule has 0 radical (unpaired) electrons. The molecule has 0 amide bonds. The Morgan fingerprint density at radius 2 is 2.19 bits per heavy atom. The molecule has 84 valence electrons. The molecule has 0 bridgehead atoms. The Bertz CT molecular complexity index is 449. The van der Waals surface area contributed by atoms with Crippen molar-refractivity contribution in [1.82, 2.24) is 0 Å². The molecule has 0 fully saturated rings. The van der Waals surface area contributed by atoms with Gasteiger partial charge in [0.1, 0.15) is 6.07 Å². The number of nitriles is 1. The molecular weight excluding hydrogens is 226 g/mol. The Morgan fingerprint density at radius 3 is 2.69 bits per heavy atom. The lowest BCUT2D eigenvalue weighted by molar-refractivity contribution is 0.0525. The molecule has 0 spiro atoms. The summed E-state index contributed by atoms with van der Waals surface area (Å²) in [4.78, 5) is 11.7. The summed E-state index contributed by atoms with van der Waals surface area (Å²) >= 11 is 5.86. The fourth-order valence-corrected chi connectivity index (χ4v) is 1.72. The first kappa shape index (κ1) is 12.5. The molecule has 16 heavy (non-hydrogen) atoms. The molecule has 0 saturated carbocycles. The van der Waals surface area contributed by atoms with E-state index in [1.807, 2.05) is 13.0 Å². The van der Waals surface area contributed by atoms with Gasteiger partial charge >= 0.3 is 5.97 Å². The molecule has 0 aliphatic rings. The highest BCUT2D eigenvalue weighted by Crippen LogP contribution is 2.22. The van der Waals surface area contributed by atoms with E-state index in [1.54, 1.807) is 13.0 Å². The lowest BCUT2D eigenvalue weighted by atomic mass is 10.00. The highest BCUT2D eigenvalue weighted by Gasteiger charge is 2.17. The van der Waals surface area contributed by atoms with Crippen molar-refractivity contribution in [1.29, 1.82) is 5.26 Å². The van der Waals surface area contributed by atoms with E-state index in [4.69, 9.17) is 21.6 Å². The predicted octanol–water partition coefficient (Wildman–Crippen LogP) is 2.95. The van der Waals surface area contributed by atoms with Crippen molar-refractivity contribution in [3.8, 4) is 6.07 Å². The SMILES string of the molecule is CCOC(=O)c1c(C#N)cc(Cl)cc1CC. The molecule has 0 aliphatic carbocycles. The third-order valence-corrected chi connectivity index (χ3v) is 2.38. The number of nitrogens with zero attached hydrogens (tertiary/aromatic N) is 1. The van der Waals surface area contributed by atoms with E-state index in [-0.39, 0.29) is 12.2 Å². The minimum absolute atomic E-state index is 0.266. The summed E-state index contributed by atoms with van der Waals surface area (Å²) in [5, 5.41) is 9.42. The first-order valence-corrected chi connectivity index (χ1v) is 5.41. The molecule has 3 nitrogen and oxygen atoms in total. The molecule has 1 aromatic rings. The fourth-order valence-electron chi connectivity index (χ4n) is 1.47. The summed E-state index contributed by atoms with van der Waals surface area (Å²) in [6, 6.07) is 5.13. The van der Waals surface area contributed by atoms with Gasteiger partial charge < -0.3 is 4.74 Å². The number of halogens is 1. The maximum absolute atomic E-state index is 11.7. The molecule has 0 aromatic heterocycles. The Morgan fingerprint density at radius 1 is 1.50 bits per heavy atom. The quantitative estimate of drug-likeness (QED) is 0.760. The average molecular weight is 238 g/mol. The molecule has 1 aromatic carbocycles. The minimum Gasteiger partial charge on any atom is -0.462 e. The van der Waals surface area contributed by atoms with Gasteiger partial charge in [0.05, 0.1) is 17.7 Å². The van der Waals surface area contributed by atoms with Crippen LogP contribution in [-0.2, 0) is 11.2 Å². The van der Waals surface area contributed by atoms with Crippen LogP contribution < -0.4 is 0 Å². The van der Waals surface area contributed by atoms with Gasteiger partial charge in [-0.05, 0) is 31.0 Å². The zero-order chi connectivity index (χ0) is 12.1. The molecule has 0 atom stereocenters. The van der Waals surface area contributed by atoms with Gasteiger partial charge in [-0.1, -0.05) is 18.5 Å². The summed E-state index contributed by atoms with van der Waals surface area (Å²) in [6.07, 6.45) is 0.628. The third-order valence-electron chi connectivity index (χ3n) is 2.17. The zero-order valence-electron chi connectivity index (χ0n) is 9.21. The minimum atomic E-state index is -0.465. The van der Waals surface area contributed by atoms with Crippen molar-refractivity contribution < 1.29 is 9.53 Å². The standard InChI is InChI=1S/C12H12ClNO2/c1-3-8-5-10(13)6-9(7-14)11(8)12(15)16-4-2/h5-6H,3-4H2,1-2H3. The molecule has 0 saturated heterocycles. The van der Waals surface area contributed by atoms with Crippen LogP contribution in [0.15, 0.2) is 12.1 Å². The van der Waals surface area contributed by atoms with Crippen LogP contribution in [0.25, 0.3) is 0 Å². The van der Waals surface area contributed by atoms with Crippen LogP contribution in [0.1, 0.15) is 35.3 Å². The average Bonchev–Trinajstić information content (AvgIpc) is 2.27. The largest absolute Gasteiger partial charge is 0.462 e. The van der Waals surface area contributed by atoms with E-state index in [1.165, 1.54) is 6.07 Å². The third kappa shape index (κ3) is 2.53. The lowest BCUT2D eigenvalue weighted by Gasteiger charge is -2.09. The fraction of sp³-hybridized carbons (Fsp3) is 0.333. The summed E-state index contributed by atoms with van der Waals surface area (Å²) in [7, 11) is 0. The monoisotopic (exact) mass is 237 g/mol. The van der Waals surface area contributed by atoms with E-state index in [0.717, 1.165) is 5.56 Å². The van der Waals surface area contributed by atoms with Gasteiger partial charge in [-0.25, -0.2) is 4.79 Å². The van der Waals surface area contributed by atoms with E-state index in [9.17, 15) is 4.79 Å². The van der Waals surface area contributed by atoms with Crippen LogP contribution in [0, 0.1) is 11.3 Å². The van der Waals surface area contributed by atoms with Crippen LogP contribution in [-0.4, -0.2) is 12.6 Å². The summed E-state index contributed by atoms with van der Waals surface area (Å²) in [5.74, 6) is -0.465. The van der Waals surface area contributed by atoms with Crippen LogP contribution in [0.3, 0.4) is 0 Å². The highest BCUT2D eigenvalue weighted by atomic mass is 35.5. The first-order valence-electron chi connectivity index (χ1n) is 5.03. The van der Waals surface area contributed by atoms with E-state index < -0.39 is 5.97 Å². The van der Waals surface area contributed by atoms with Crippen LogP contribution >= 0.6 is 11.6 Å². The zero-order valence-corrected chi connectivity index (χ0v) is 9.97. The van der Waals surface area contributed by atoms with E-state index in [0.29, 0.717) is 17.0 Å². The molecule has 1 rings (SSSR count). The molecule has 4 heteroatoms. The molecule has 0 unspecified atom stereocenters. The van der Waals surface area contributed by atoms with Crippen LogP contribution in [0.4, 0.5) is 0 Å². The van der Waals surface area contributed by atoms with Crippen molar-refractivity contribution in [2.45, 2.75) is 20.3 Å². The maximum Gasteiger partial charge on any atom is 0.339 e. The number of rotatable bonds is 3.